The second-order valence-electron chi connectivity index (χ2n) is 9.44. The summed E-state index contributed by atoms with van der Waals surface area (Å²) < 4.78 is 48.2. The summed E-state index contributed by atoms with van der Waals surface area (Å²) in [4.78, 5) is 25.1. The molecule has 0 amide bonds. The van der Waals surface area contributed by atoms with Gasteiger partial charge >= 0.3 is 12.3 Å². The molecule has 0 spiro atoms. The van der Waals surface area contributed by atoms with E-state index in [4.69, 9.17) is 10.5 Å². The number of halogens is 3. The number of anilines is 1. The third kappa shape index (κ3) is 5.19. The van der Waals surface area contributed by atoms with Crippen LogP contribution in [0, 0.1) is 11.3 Å². The molecule has 1 aliphatic rings. The van der Waals surface area contributed by atoms with Gasteiger partial charge in [0, 0.05) is 35.4 Å². The zero-order valence-electron chi connectivity index (χ0n) is 19.3. The molecule has 0 aromatic carbocycles. The third-order valence-electron chi connectivity index (χ3n) is 5.51. The number of rotatable bonds is 3. The Morgan fingerprint density at radius 2 is 2.00 bits per heavy atom. The van der Waals surface area contributed by atoms with E-state index in [9.17, 15) is 23.2 Å². The summed E-state index contributed by atoms with van der Waals surface area (Å²) in [6.45, 7) is 4.97. The zero-order valence-corrected chi connectivity index (χ0v) is 19.3. The topological polar surface area (TPSA) is 132 Å². The first-order valence-corrected chi connectivity index (χ1v) is 11.0. The Kier molecular flexibility index (Phi) is 6.14. The third-order valence-corrected chi connectivity index (χ3v) is 5.51. The van der Waals surface area contributed by atoms with Crippen LogP contribution < -0.4 is 11.1 Å². The largest absolute Gasteiger partial charge is 0.443 e. The van der Waals surface area contributed by atoms with Crippen molar-refractivity contribution in [3.05, 3.63) is 35.8 Å². The predicted molar refractivity (Wildman–Crippen MR) is 121 cm³/mol. The number of nitrogens with two attached hydrogens (primary N) is 1. The Morgan fingerprint density at radius 1 is 1.26 bits per heavy atom. The van der Waals surface area contributed by atoms with Gasteiger partial charge in [0.25, 0.3) is 0 Å². The molecule has 1 aliphatic carbocycles. The van der Waals surface area contributed by atoms with Gasteiger partial charge in [-0.3, -0.25) is 0 Å². The molecule has 3 aromatic heterocycles. The summed E-state index contributed by atoms with van der Waals surface area (Å²) in [6, 6.07) is 4.61. The molecule has 3 N–H and O–H groups in total. The number of carbonyl (C=O) groups is 1. The van der Waals surface area contributed by atoms with Crippen molar-refractivity contribution in [2.75, 3.05) is 5.32 Å². The molecule has 12 heteroatoms. The van der Waals surface area contributed by atoms with Crippen LogP contribution in [0.15, 0.2) is 24.5 Å². The van der Waals surface area contributed by atoms with Gasteiger partial charge in [-0.15, -0.1) is 0 Å². The number of ether oxygens (including phenoxy) is 1. The fraction of sp³-hybridized carbons (Fsp3) is 0.435. The summed E-state index contributed by atoms with van der Waals surface area (Å²) in [5.74, 6) is 0.0203. The molecule has 0 unspecified atom stereocenters. The van der Waals surface area contributed by atoms with Crippen LogP contribution in [0.2, 0.25) is 0 Å². The first-order chi connectivity index (χ1) is 16.4. The van der Waals surface area contributed by atoms with Gasteiger partial charge in [-0.1, -0.05) is 0 Å². The maximum absolute atomic E-state index is 14.0. The van der Waals surface area contributed by atoms with E-state index in [1.165, 1.54) is 18.3 Å². The Morgan fingerprint density at radius 3 is 2.60 bits per heavy atom. The number of alkyl halides is 3. The highest BCUT2D eigenvalue weighted by Crippen LogP contribution is 2.39. The molecule has 1 saturated carbocycles. The lowest BCUT2D eigenvalue weighted by Gasteiger charge is -2.19. The molecule has 0 saturated heterocycles. The Labute approximate surface area is 199 Å². The van der Waals surface area contributed by atoms with Gasteiger partial charge in [0.1, 0.15) is 22.9 Å². The molecule has 4 rings (SSSR count). The van der Waals surface area contributed by atoms with Crippen molar-refractivity contribution >= 4 is 23.1 Å². The van der Waals surface area contributed by atoms with Crippen LogP contribution in [-0.2, 0) is 10.9 Å². The zero-order chi connectivity index (χ0) is 25.5. The monoisotopic (exact) mass is 487 g/mol. The number of nitrogens with zero attached hydrogens (tertiary/aromatic N) is 5. The number of nitrogens with one attached hydrogen (secondary N) is 1. The number of aromatic nitrogens is 4. The number of fused-ring (bicyclic) bond motifs is 1. The number of carbonyl (C=O) groups excluding carboxylic acids is 1. The molecular formula is C23H24F3N7O2. The summed E-state index contributed by atoms with van der Waals surface area (Å²) in [6.07, 6.45) is -1.51. The number of pyridine rings is 1. The van der Waals surface area contributed by atoms with Gasteiger partial charge in [0.15, 0.2) is 5.65 Å². The van der Waals surface area contributed by atoms with Crippen molar-refractivity contribution in [3.8, 4) is 17.3 Å². The summed E-state index contributed by atoms with van der Waals surface area (Å²) >= 11 is 0. The fourth-order valence-electron chi connectivity index (χ4n) is 4.00. The molecule has 0 aliphatic heterocycles. The van der Waals surface area contributed by atoms with Crippen molar-refractivity contribution in [1.29, 1.82) is 5.26 Å². The van der Waals surface area contributed by atoms with Crippen LogP contribution in [0.5, 0.6) is 0 Å². The first kappa shape index (κ1) is 24.4. The van der Waals surface area contributed by atoms with Crippen molar-refractivity contribution < 1.29 is 22.7 Å². The van der Waals surface area contributed by atoms with Crippen molar-refractivity contribution in [3.63, 3.8) is 0 Å². The van der Waals surface area contributed by atoms with E-state index in [0.717, 1.165) is 17.4 Å². The average Bonchev–Trinajstić information content (AvgIpc) is 3.34. The van der Waals surface area contributed by atoms with Gasteiger partial charge in [-0.05, 0) is 52.2 Å². The van der Waals surface area contributed by atoms with Crippen molar-refractivity contribution in [1.82, 2.24) is 19.5 Å². The van der Waals surface area contributed by atoms with E-state index in [-0.39, 0.29) is 40.3 Å². The van der Waals surface area contributed by atoms with E-state index in [2.05, 4.69) is 20.3 Å². The molecule has 2 atom stereocenters. The minimum atomic E-state index is -4.76. The van der Waals surface area contributed by atoms with Crippen molar-refractivity contribution in [2.45, 2.75) is 63.9 Å². The molecule has 35 heavy (non-hydrogen) atoms. The molecule has 9 nitrogen and oxygen atoms in total. The lowest BCUT2D eigenvalue weighted by molar-refractivity contribution is -0.137. The number of nitriles is 1. The Balaban J connectivity index is 1.89. The lowest BCUT2D eigenvalue weighted by Crippen LogP contribution is -2.27. The minimum absolute atomic E-state index is 0.00347. The highest BCUT2D eigenvalue weighted by atomic mass is 19.4. The SMILES string of the molecule is CC(C)(C)OC(=O)n1cc(-c2nc(N[C@H]3CC[C@H](N)C3)ncc2C(F)(F)F)c2ccc(C#N)nc21. The molecule has 0 bridgehead atoms. The smallest absolute Gasteiger partial charge is 0.420 e. The van der Waals surface area contributed by atoms with Gasteiger partial charge in [0.05, 0.1) is 5.69 Å². The Hall–Kier alpha value is -3.72. The highest BCUT2D eigenvalue weighted by molar-refractivity contribution is 5.99. The van der Waals surface area contributed by atoms with Crippen LogP contribution in [0.1, 0.15) is 51.3 Å². The summed E-state index contributed by atoms with van der Waals surface area (Å²) in [5, 5.41) is 12.5. The highest BCUT2D eigenvalue weighted by Gasteiger charge is 2.37. The summed E-state index contributed by atoms with van der Waals surface area (Å²) in [5.41, 5.74) is 3.55. The quantitative estimate of drug-likeness (QED) is 0.554. The van der Waals surface area contributed by atoms with Gasteiger partial charge in [0.2, 0.25) is 5.95 Å². The van der Waals surface area contributed by atoms with E-state index in [0.29, 0.717) is 12.6 Å². The van der Waals surface area contributed by atoms with E-state index >= 15 is 0 Å². The number of hydrogen-bond acceptors (Lipinski definition) is 8. The van der Waals surface area contributed by atoms with Gasteiger partial charge < -0.3 is 15.8 Å². The fourth-order valence-corrected chi connectivity index (χ4v) is 4.00. The van der Waals surface area contributed by atoms with Crippen LogP contribution in [0.25, 0.3) is 22.3 Å². The molecule has 0 radical (unpaired) electrons. The lowest BCUT2D eigenvalue weighted by atomic mass is 10.1. The average molecular weight is 487 g/mol. The standard InChI is InChI=1S/C23H24F3N7O2/c1-22(2,3)35-21(34)33-11-16(15-7-6-14(9-27)30-19(15)33)18-17(23(24,25)26)10-29-20(32-18)31-13-5-4-12(28)8-13/h6-7,10-13H,4-5,8,28H2,1-3H3,(H,29,31,32)/t12-,13-/m0/s1. The maximum Gasteiger partial charge on any atom is 0.420 e. The molecule has 3 heterocycles. The molecule has 3 aromatic rings. The first-order valence-electron chi connectivity index (χ1n) is 11.0. The van der Waals surface area contributed by atoms with E-state index in [1.807, 2.05) is 6.07 Å². The molecule has 1 fully saturated rings. The van der Waals surface area contributed by atoms with Crippen LogP contribution in [-0.4, -0.2) is 43.3 Å². The van der Waals surface area contributed by atoms with Crippen LogP contribution >= 0.6 is 0 Å². The van der Waals surface area contributed by atoms with E-state index in [1.54, 1.807) is 20.8 Å². The van der Waals surface area contributed by atoms with Gasteiger partial charge in [-0.2, -0.15) is 18.4 Å². The Bertz CT molecular complexity index is 1320. The predicted octanol–water partition coefficient (Wildman–Crippen LogP) is 4.46. The number of hydrogen-bond donors (Lipinski definition) is 2. The summed E-state index contributed by atoms with van der Waals surface area (Å²) in [7, 11) is 0. The maximum atomic E-state index is 14.0. The normalized spacial score (nSPS) is 18.5. The molecule has 184 valence electrons. The second kappa shape index (κ2) is 8.81. The van der Waals surface area contributed by atoms with Crippen LogP contribution in [0.4, 0.5) is 23.9 Å². The van der Waals surface area contributed by atoms with Crippen molar-refractivity contribution in [2.24, 2.45) is 5.73 Å². The van der Waals surface area contributed by atoms with E-state index < -0.39 is 29.1 Å². The van der Waals surface area contributed by atoms with Gasteiger partial charge in [-0.25, -0.2) is 24.3 Å². The second-order valence-corrected chi connectivity index (χ2v) is 9.44. The minimum Gasteiger partial charge on any atom is -0.443 e. The molecular weight excluding hydrogens is 463 g/mol. The van der Waals surface area contributed by atoms with Crippen LogP contribution in [0.3, 0.4) is 0 Å².